The molecular weight excluding hydrogens is 371 g/mol. The number of hydrogen-bond donors (Lipinski definition) is 1. The monoisotopic (exact) mass is 398 g/mol. The van der Waals surface area contributed by atoms with E-state index >= 15 is 0 Å². The smallest absolute Gasteiger partial charge is 0.251 e. The van der Waals surface area contributed by atoms with E-state index < -0.39 is 6.17 Å². The number of hydrogen-bond acceptors (Lipinski definition) is 4. The molecule has 1 amide bonds. The van der Waals surface area contributed by atoms with Crippen molar-refractivity contribution in [2.45, 2.75) is 50.4 Å². The van der Waals surface area contributed by atoms with E-state index in [4.69, 9.17) is 0 Å². The molecule has 4 rings (SSSR count). The molecule has 0 radical (unpaired) electrons. The van der Waals surface area contributed by atoms with Crippen LogP contribution in [0.2, 0.25) is 0 Å². The minimum atomic E-state index is -0.876. The van der Waals surface area contributed by atoms with Gasteiger partial charge in [-0.15, -0.1) is 0 Å². The van der Waals surface area contributed by atoms with Crippen molar-refractivity contribution in [2.75, 3.05) is 13.1 Å². The summed E-state index contributed by atoms with van der Waals surface area (Å²) in [4.78, 5) is 26.0. The number of aryl methyl sites for hydroxylation is 1. The zero-order valence-corrected chi connectivity index (χ0v) is 16.9. The number of alkyl halides is 1. The number of nitrogens with zero attached hydrogens (tertiary/aromatic N) is 3. The molecule has 1 aliphatic carbocycles. The van der Waals surface area contributed by atoms with Gasteiger partial charge in [0.25, 0.3) is 5.91 Å². The fraction of sp³-hybridized carbons (Fsp3) is 0.500. The molecule has 6 nitrogen and oxygen atoms in total. The van der Waals surface area contributed by atoms with Crippen molar-refractivity contribution in [1.82, 2.24) is 20.0 Å². The lowest BCUT2D eigenvalue weighted by atomic mass is 9.65. The second-order valence-electron chi connectivity index (χ2n) is 8.68. The zero-order valence-electron chi connectivity index (χ0n) is 16.9. The third-order valence-corrected chi connectivity index (χ3v) is 6.14. The summed E-state index contributed by atoms with van der Waals surface area (Å²) in [7, 11) is 1.86. The lowest BCUT2D eigenvalue weighted by Crippen LogP contribution is -2.40. The van der Waals surface area contributed by atoms with E-state index in [2.05, 4.69) is 22.2 Å². The predicted molar refractivity (Wildman–Crippen MR) is 107 cm³/mol. The van der Waals surface area contributed by atoms with E-state index in [9.17, 15) is 14.0 Å². The molecule has 2 heterocycles. The van der Waals surface area contributed by atoms with Gasteiger partial charge in [-0.05, 0) is 24.1 Å². The first kappa shape index (κ1) is 19.8. The first-order valence-electron chi connectivity index (χ1n) is 10.1. The number of amides is 1. The molecule has 7 heteroatoms. The molecule has 0 spiro atoms. The van der Waals surface area contributed by atoms with Gasteiger partial charge in [-0.25, -0.2) is 4.39 Å². The highest BCUT2D eigenvalue weighted by Crippen LogP contribution is 2.40. The lowest BCUT2D eigenvalue weighted by molar-refractivity contribution is -0.127. The Morgan fingerprint density at radius 3 is 2.66 bits per heavy atom. The molecule has 0 unspecified atom stereocenters. The van der Waals surface area contributed by atoms with Gasteiger partial charge in [0.15, 0.2) is 0 Å². The number of benzene rings is 1. The van der Waals surface area contributed by atoms with Crippen LogP contribution in [0.15, 0.2) is 36.7 Å². The van der Waals surface area contributed by atoms with Crippen molar-refractivity contribution in [2.24, 2.45) is 7.05 Å². The summed E-state index contributed by atoms with van der Waals surface area (Å²) in [5.74, 6) is 0.128. The SMILES string of the molecule is Cn1cc(CN2C[C@@H](F)C[C@H]2CNC(=O)c2ccc(C3(C)CC(=O)C3)cc2)cn1. The average Bonchev–Trinajstić information content (AvgIpc) is 3.23. The number of carbonyl (C=O) groups excluding carboxylic acids is 2. The molecule has 1 aromatic heterocycles. The molecule has 0 bridgehead atoms. The van der Waals surface area contributed by atoms with Crippen LogP contribution in [0.3, 0.4) is 0 Å². The van der Waals surface area contributed by atoms with Gasteiger partial charge in [0.05, 0.1) is 6.20 Å². The van der Waals surface area contributed by atoms with E-state index in [-0.39, 0.29) is 23.1 Å². The van der Waals surface area contributed by atoms with Crippen LogP contribution in [-0.2, 0) is 23.8 Å². The zero-order chi connectivity index (χ0) is 20.6. The third kappa shape index (κ3) is 4.24. The van der Waals surface area contributed by atoms with Crippen molar-refractivity contribution < 1.29 is 14.0 Å². The fourth-order valence-electron chi connectivity index (χ4n) is 4.48. The van der Waals surface area contributed by atoms with Gasteiger partial charge in [0.1, 0.15) is 12.0 Å². The van der Waals surface area contributed by atoms with Crippen LogP contribution in [0, 0.1) is 0 Å². The Balaban J connectivity index is 1.34. The predicted octanol–water partition coefficient (Wildman–Crippen LogP) is 2.38. The summed E-state index contributed by atoms with van der Waals surface area (Å²) in [5.41, 5.74) is 2.61. The second kappa shape index (κ2) is 7.71. The van der Waals surface area contributed by atoms with Crippen molar-refractivity contribution in [3.8, 4) is 0 Å². The Bertz CT molecular complexity index is 900. The van der Waals surface area contributed by atoms with Crippen molar-refractivity contribution >= 4 is 11.7 Å². The molecular formula is C22H27FN4O2. The molecule has 29 heavy (non-hydrogen) atoms. The number of ketones is 1. The summed E-state index contributed by atoms with van der Waals surface area (Å²) in [6.45, 7) is 3.49. The van der Waals surface area contributed by atoms with Crippen LogP contribution in [0.25, 0.3) is 0 Å². The molecule has 1 saturated carbocycles. The molecule has 2 aromatic rings. The average molecular weight is 398 g/mol. The number of aromatic nitrogens is 2. The van der Waals surface area contributed by atoms with Crippen LogP contribution in [0.1, 0.15) is 47.7 Å². The normalized spacial score (nSPS) is 23.8. The first-order chi connectivity index (χ1) is 13.8. The molecule has 1 aromatic carbocycles. The molecule has 2 aliphatic rings. The molecule has 1 aliphatic heterocycles. The fourth-order valence-corrected chi connectivity index (χ4v) is 4.48. The molecule has 1 saturated heterocycles. The summed E-state index contributed by atoms with van der Waals surface area (Å²) in [5, 5.41) is 7.12. The highest BCUT2D eigenvalue weighted by molar-refractivity contribution is 5.94. The maximum atomic E-state index is 14.0. The Morgan fingerprint density at radius 2 is 2.03 bits per heavy atom. The number of Topliss-reactive ketones (excluding diaryl/α,β-unsaturated/α-hetero) is 1. The molecule has 1 N–H and O–H groups in total. The van der Waals surface area contributed by atoms with Crippen molar-refractivity contribution in [3.63, 3.8) is 0 Å². The first-order valence-corrected chi connectivity index (χ1v) is 10.1. The molecule has 154 valence electrons. The minimum Gasteiger partial charge on any atom is -0.350 e. The van der Waals surface area contributed by atoms with Crippen LogP contribution in [0.5, 0.6) is 0 Å². The summed E-state index contributed by atoms with van der Waals surface area (Å²) in [6, 6.07) is 7.44. The highest BCUT2D eigenvalue weighted by Gasteiger charge is 2.40. The van der Waals surface area contributed by atoms with Gasteiger partial charge in [-0.1, -0.05) is 19.1 Å². The Kier molecular flexibility index (Phi) is 5.25. The summed E-state index contributed by atoms with van der Waals surface area (Å²) >= 11 is 0. The van der Waals surface area contributed by atoms with Crippen molar-refractivity contribution in [1.29, 1.82) is 0 Å². The number of halogens is 1. The maximum Gasteiger partial charge on any atom is 0.251 e. The van der Waals surface area contributed by atoms with Crippen LogP contribution in [0.4, 0.5) is 4.39 Å². The number of nitrogens with one attached hydrogen (secondary N) is 1. The number of rotatable bonds is 6. The summed E-state index contributed by atoms with van der Waals surface area (Å²) in [6.07, 6.45) is 4.40. The van der Waals surface area contributed by atoms with Gasteiger partial charge in [0, 0.05) is 68.3 Å². The van der Waals surface area contributed by atoms with E-state index in [1.165, 1.54) is 0 Å². The van der Waals surface area contributed by atoms with Gasteiger partial charge >= 0.3 is 0 Å². The van der Waals surface area contributed by atoms with Crippen molar-refractivity contribution in [3.05, 3.63) is 53.3 Å². The van der Waals surface area contributed by atoms with Gasteiger partial charge in [0.2, 0.25) is 0 Å². The standard InChI is InChI=1S/C22H27FN4O2/c1-22(8-20(28)9-22)17-5-3-16(4-6-17)21(29)24-11-19-7-18(23)14-27(19)13-15-10-25-26(2)12-15/h3-6,10,12,18-19H,7-9,11,13-14H2,1-2H3,(H,24,29)/t18-,19-/m0/s1. The van der Waals surface area contributed by atoms with E-state index in [0.29, 0.717) is 44.5 Å². The number of likely N-dealkylation sites (tertiary alicyclic amines) is 1. The van der Waals surface area contributed by atoms with E-state index in [0.717, 1.165) is 11.1 Å². The quantitative estimate of drug-likeness (QED) is 0.811. The third-order valence-electron chi connectivity index (χ3n) is 6.14. The summed E-state index contributed by atoms with van der Waals surface area (Å²) < 4.78 is 15.7. The Morgan fingerprint density at radius 1 is 1.31 bits per heavy atom. The maximum absolute atomic E-state index is 14.0. The lowest BCUT2D eigenvalue weighted by Gasteiger charge is -2.37. The van der Waals surface area contributed by atoms with Gasteiger partial charge in [-0.2, -0.15) is 5.10 Å². The molecule has 2 atom stereocenters. The van der Waals surface area contributed by atoms with Gasteiger partial charge in [-0.3, -0.25) is 19.2 Å². The van der Waals surface area contributed by atoms with E-state index in [1.54, 1.807) is 23.0 Å². The Hall–Kier alpha value is -2.54. The largest absolute Gasteiger partial charge is 0.350 e. The van der Waals surface area contributed by atoms with Gasteiger partial charge < -0.3 is 5.32 Å². The molecule has 2 fully saturated rings. The van der Waals surface area contributed by atoms with E-state index in [1.807, 2.05) is 25.4 Å². The number of carbonyl (C=O) groups is 2. The second-order valence-corrected chi connectivity index (χ2v) is 8.68. The highest BCUT2D eigenvalue weighted by atomic mass is 19.1. The van der Waals surface area contributed by atoms with Crippen LogP contribution in [-0.4, -0.2) is 51.7 Å². The van der Waals surface area contributed by atoms with Crippen LogP contribution >= 0.6 is 0 Å². The minimum absolute atomic E-state index is 0.0340. The van der Waals surface area contributed by atoms with Crippen LogP contribution < -0.4 is 5.32 Å². The topological polar surface area (TPSA) is 67.2 Å². The Labute approximate surface area is 170 Å².